The first-order chi connectivity index (χ1) is 10.6. The van der Waals surface area contributed by atoms with Crippen LogP contribution < -0.4 is 10.7 Å². The van der Waals surface area contributed by atoms with Crippen molar-refractivity contribution in [2.24, 2.45) is 5.92 Å². The molecule has 0 radical (unpaired) electrons. The second kappa shape index (κ2) is 6.11. The lowest BCUT2D eigenvalue weighted by Crippen LogP contribution is -2.35. The van der Waals surface area contributed by atoms with Crippen LogP contribution >= 0.6 is 0 Å². The van der Waals surface area contributed by atoms with Gasteiger partial charge in [0.2, 0.25) is 0 Å². The average Bonchev–Trinajstić information content (AvgIpc) is 2.77. The number of rotatable bonds is 4. The van der Waals surface area contributed by atoms with Crippen LogP contribution in [0.25, 0.3) is 11.6 Å². The zero-order valence-electron chi connectivity index (χ0n) is 15.1. The molecule has 128 valence electrons. The molecule has 23 heavy (non-hydrogen) atoms. The number of halogens is 1. The number of methoxy groups -OCH3 is 1. The minimum absolute atomic E-state index is 0.0197. The summed E-state index contributed by atoms with van der Waals surface area (Å²) in [5, 5.41) is 11.3. The highest BCUT2D eigenvalue weighted by molar-refractivity contribution is 5.56. The zero-order chi connectivity index (χ0) is 17.5. The fraction of sp³-hybridized carbons (Fsp3) is 0.611. The van der Waals surface area contributed by atoms with Gasteiger partial charge in [-0.3, -0.25) is 0 Å². The molecule has 0 aliphatic heterocycles. The molecule has 0 unspecified atom stereocenters. The Morgan fingerprint density at radius 1 is 1.30 bits per heavy atom. The van der Waals surface area contributed by atoms with E-state index in [-0.39, 0.29) is 23.1 Å². The normalized spacial score (nSPS) is 15.9. The van der Waals surface area contributed by atoms with Crippen LogP contribution in [0.2, 0.25) is 0 Å². The van der Waals surface area contributed by atoms with Crippen LogP contribution in [-0.2, 0) is 10.3 Å². The fourth-order valence-corrected chi connectivity index (χ4v) is 2.89. The maximum absolute atomic E-state index is 14.8. The van der Waals surface area contributed by atoms with Crippen LogP contribution in [0.3, 0.4) is 0 Å². The number of allylic oxidation sites excluding steroid dienone is 1. The molecule has 4 nitrogen and oxygen atoms in total. The van der Waals surface area contributed by atoms with Crippen molar-refractivity contribution in [2.75, 3.05) is 7.11 Å². The molecule has 2 rings (SSSR count). The number of hydrogen-bond acceptors (Lipinski definition) is 3. The molecule has 1 heterocycles. The van der Waals surface area contributed by atoms with Gasteiger partial charge in [-0.2, -0.15) is 0 Å². The van der Waals surface area contributed by atoms with E-state index in [2.05, 4.69) is 4.98 Å². The van der Waals surface area contributed by atoms with Crippen molar-refractivity contribution < 1.29 is 14.2 Å². The molecule has 1 aromatic heterocycles. The summed E-state index contributed by atoms with van der Waals surface area (Å²) in [5.41, 5.74) is -0.197. The quantitative estimate of drug-likeness (QED) is 0.926. The Hall–Kier alpha value is -1.62. The van der Waals surface area contributed by atoms with Gasteiger partial charge in [-0.1, -0.05) is 19.4 Å². The first-order valence-corrected chi connectivity index (χ1v) is 8.06. The van der Waals surface area contributed by atoms with E-state index in [0.717, 1.165) is 5.57 Å². The van der Waals surface area contributed by atoms with Crippen molar-refractivity contribution in [3.63, 3.8) is 0 Å². The molecule has 0 aromatic carbocycles. The largest absolute Gasteiger partial charge is 0.498 e. The lowest BCUT2D eigenvalue weighted by atomic mass is 9.99. The van der Waals surface area contributed by atoms with E-state index in [4.69, 9.17) is 4.74 Å². The third-order valence-electron chi connectivity index (χ3n) is 4.13. The number of aliphatic hydroxyl groups is 1. The second-order valence-corrected chi connectivity index (χ2v) is 7.18. The summed E-state index contributed by atoms with van der Waals surface area (Å²) in [6.07, 6.45) is 2.10. The molecule has 0 atom stereocenters. The molecule has 5 heteroatoms. The second-order valence-electron chi connectivity index (χ2n) is 7.18. The van der Waals surface area contributed by atoms with Crippen molar-refractivity contribution in [1.29, 1.82) is 0 Å². The number of fused-ring (bicyclic) bond motifs is 1. The number of aromatic nitrogens is 2. The fourth-order valence-electron chi connectivity index (χ4n) is 2.89. The van der Waals surface area contributed by atoms with Crippen LogP contribution in [0, 0.1) is 5.92 Å². The predicted octanol–water partition coefficient (Wildman–Crippen LogP) is 2.51. The lowest BCUT2D eigenvalue weighted by Gasteiger charge is -2.22. The Kier molecular flexibility index (Phi) is 4.71. The highest BCUT2D eigenvalue weighted by atomic mass is 19.1. The molecule has 1 aromatic rings. The standard InChI is InChI=1S/C18H27FN2O2/c1-10(2)12-8-13(19)15-16(14(9-12)23-7)21(11(3)4)17(20-15)18(5,6)22/h8,10-11,22H,9H2,1-7H3. The first-order valence-electron chi connectivity index (χ1n) is 8.06. The third-order valence-corrected chi connectivity index (χ3v) is 4.13. The number of imidazole rings is 1. The maximum atomic E-state index is 14.8. The van der Waals surface area contributed by atoms with Gasteiger partial charge in [0.25, 0.3) is 0 Å². The van der Waals surface area contributed by atoms with Crippen LogP contribution in [0.15, 0.2) is 11.6 Å². The summed E-state index contributed by atoms with van der Waals surface area (Å²) in [4.78, 5) is 4.43. The molecule has 0 saturated carbocycles. The van der Waals surface area contributed by atoms with Crippen molar-refractivity contribution in [3.8, 4) is 0 Å². The summed E-state index contributed by atoms with van der Waals surface area (Å²) in [5.74, 6) is 0.977. The van der Waals surface area contributed by atoms with E-state index in [0.29, 0.717) is 23.4 Å². The lowest BCUT2D eigenvalue weighted by molar-refractivity contribution is 0.0631. The molecule has 0 saturated heterocycles. The predicted molar refractivity (Wildman–Crippen MR) is 89.6 cm³/mol. The van der Waals surface area contributed by atoms with Crippen LogP contribution in [0.5, 0.6) is 0 Å². The first kappa shape index (κ1) is 17.7. The molecule has 1 N–H and O–H groups in total. The van der Waals surface area contributed by atoms with Crippen LogP contribution in [0.4, 0.5) is 4.39 Å². The van der Waals surface area contributed by atoms with Gasteiger partial charge in [-0.25, -0.2) is 9.37 Å². The van der Waals surface area contributed by atoms with Gasteiger partial charge in [0, 0.05) is 12.5 Å². The highest BCUT2D eigenvalue weighted by Gasteiger charge is 2.28. The van der Waals surface area contributed by atoms with Gasteiger partial charge in [-0.15, -0.1) is 0 Å². The van der Waals surface area contributed by atoms with Crippen molar-refractivity contribution >= 4 is 11.6 Å². The minimum atomic E-state index is -1.17. The number of hydrogen-bond donors (Lipinski definition) is 1. The van der Waals surface area contributed by atoms with Gasteiger partial charge < -0.3 is 14.4 Å². The SMILES string of the molecule is COC1=c2c(nc(C(C)(C)O)n2C(C)C)=C(F)C=C(C(C)C)C1. The zero-order valence-corrected chi connectivity index (χ0v) is 15.1. The van der Waals surface area contributed by atoms with Gasteiger partial charge >= 0.3 is 0 Å². The molecule has 1 aliphatic carbocycles. The maximum Gasteiger partial charge on any atom is 0.151 e. The Morgan fingerprint density at radius 2 is 1.91 bits per heavy atom. The number of ether oxygens (including phenoxy) is 1. The molecular weight excluding hydrogens is 295 g/mol. The van der Waals surface area contributed by atoms with Crippen LogP contribution in [-0.4, -0.2) is 21.8 Å². The highest BCUT2D eigenvalue weighted by Crippen LogP contribution is 2.25. The molecule has 0 bridgehead atoms. The summed E-state index contributed by atoms with van der Waals surface area (Å²) in [6, 6.07) is 0.0197. The van der Waals surface area contributed by atoms with Crippen LogP contribution in [0.1, 0.15) is 59.8 Å². The van der Waals surface area contributed by atoms with E-state index < -0.39 is 5.60 Å². The van der Waals surface area contributed by atoms with Gasteiger partial charge in [0.15, 0.2) is 5.83 Å². The summed E-state index contributed by atoms with van der Waals surface area (Å²) in [6.45, 7) is 11.4. The Balaban J connectivity index is 2.97. The van der Waals surface area contributed by atoms with Crippen molar-refractivity contribution in [3.05, 3.63) is 28.2 Å². The smallest absolute Gasteiger partial charge is 0.151 e. The topological polar surface area (TPSA) is 47.3 Å². The molecule has 0 spiro atoms. The average molecular weight is 322 g/mol. The third kappa shape index (κ3) is 3.20. The molecule has 0 amide bonds. The molecule has 0 fully saturated rings. The van der Waals surface area contributed by atoms with Crippen molar-refractivity contribution in [2.45, 2.75) is 59.6 Å². The van der Waals surface area contributed by atoms with E-state index >= 15 is 0 Å². The summed E-state index contributed by atoms with van der Waals surface area (Å²) < 4.78 is 22.3. The monoisotopic (exact) mass is 322 g/mol. The molecule has 1 aliphatic rings. The number of nitrogens with zero attached hydrogens (tertiary/aromatic N) is 2. The van der Waals surface area contributed by atoms with Gasteiger partial charge in [0.1, 0.15) is 27.9 Å². The Labute approximate surface area is 137 Å². The molecular formula is C18H27FN2O2. The van der Waals surface area contributed by atoms with E-state index in [1.54, 1.807) is 27.0 Å². The summed E-state index contributed by atoms with van der Waals surface area (Å²) >= 11 is 0. The minimum Gasteiger partial charge on any atom is -0.498 e. The Bertz CT molecular complexity index is 749. The summed E-state index contributed by atoms with van der Waals surface area (Å²) in [7, 11) is 1.60. The van der Waals surface area contributed by atoms with Gasteiger partial charge in [0.05, 0.1) is 7.11 Å². The van der Waals surface area contributed by atoms with E-state index in [1.807, 2.05) is 32.3 Å². The van der Waals surface area contributed by atoms with E-state index in [9.17, 15) is 9.50 Å². The van der Waals surface area contributed by atoms with E-state index in [1.165, 1.54) is 0 Å². The van der Waals surface area contributed by atoms with Gasteiger partial charge in [-0.05, 0) is 39.7 Å². The Morgan fingerprint density at radius 3 is 2.35 bits per heavy atom. The van der Waals surface area contributed by atoms with Crippen molar-refractivity contribution in [1.82, 2.24) is 9.55 Å².